The number of carbonyl (C=O) groups excluding carboxylic acids is 1. The molecule has 1 amide bonds. The summed E-state index contributed by atoms with van der Waals surface area (Å²) in [7, 11) is 1.64. The van der Waals surface area contributed by atoms with Gasteiger partial charge in [-0.1, -0.05) is 42.5 Å². The number of amides is 1. The van der Waals surface area contributed by atoms with Crippen molar-refractivity contribution in [3.05, 3.63) is 83.7 Å². The van der Waals surface area contributed by atoms with Gasteiger partial charge in [0.25, 0.3) is 5.91 Å². The molecule has 0 radical (unpaired) electrons. The molecular formula is C23H26N4O2. The Bertz CT molecular complexity index is 910. The van der Waals surface area contributed by atoms with Gasteiger partial charge in [0.15, 0.2) is 0 Å². The first-order chi connectivity index (χ1) is 14.1. The third-order valence-electron chi connectivity index (χ3n) is 4.59. The summed E-state index contributed by atoms with van der Waals surface area (Å²) >= 11 is 0. The minimum absolute atomic E-state index is 0.0654. The molecular weight excluding hydrogens is 364 g/mol. The Balaban J connectivity index is 1.63. The van der Waals surface area contributed by atoms with Crippen LogP contribution in [0, 0.1) is 0 Å². The number of benzene rings is 2. The molecule has 0 bridgehead atoms. The average Bonchev–Trinajstić information content (AvgIpc) is 2.77. The van der Waals surface area contributed by atoms with E-state index < -0.39 is 0 Å². The van der Waals surface area contributed by atoms with Crippen molar-refractivity contribution in [2.24, 2.45) is 0 Å². The second-order valence-electron chi connectivity index (χ2n) is 7.01. The maximum atomic E-state index is 13.0. The zero-order chi connectivity index (χ0) is 20.6. The second kappa shape index (κ2) is 9.68. The maximum absolute atomic E-state index is 13.0. The average molecular weight is 390 g/mol. The van der Waals surface area contributed by atoms with Gasteiger partial charge in [-0.05, 0) is 37.1 Å². The molecule has 6 heteroatoms. The lowest BCUT2D eigenvalue weighted by atomic mass is 10.1. The van der Waals surface area contributed by atoms with E-state index in [0.717, 1.165) is 16.9 Å². The minimum atomic E-state index is -0.0782. The highest BCUT2D eigenvalue weighted by Gasteiger charge is 2.19. The van der Waals surface area contributed by atoms with Gasteiger partial charge in [0.05, 0.1) is 12.7 Å². The van der Waals surface area contributed by atoms with Gasteiger partial charge in [-0.25, -0.2) is 9.97 Å². The van der Waals surface area contributed by atoms with Gasteiger partial charge in [-0.15, -0.1) is 0 Å². The lowest BCUT2D eigenvalue weighted by Gasteiger charge is -2.26. The summed E-state index contributed by atoms with van der Waals surface area (Å²) in [5.74, 6) is 1.22. The van der Waals surface area contributed by atoms with E-state index in [-0.39, 0.29) is 11.9 Å². The van der Waals surface area contributed by atoms with E-state index in [1.807, 2.05) is 73.3 Å². The van der Waals surface area contributed by atoms with Crippen LogP contribution in [0.3, 0.4) is 0 Å². The minimum Gasteiger partial charge on any atom is -0.497 e. The molecule has 0 unspecified atom stereocenters. The van der Waals surface area contributed by atoms with E-state index >= 15 is 0 Å². The van der Waals surface area contributed by atoms with E-state index in [2.05, 4.69) is 15.3 Å². The van der Waals surface area contributed by atoms with Gasteiger partial charge in [0.2, 0.25) is 5.95 Å². The third-order valence-corrected chi connectivity index (χ3v) is 4.59. The lowest BCUT2D eigenvalue weighted by Crippen LogP contribution is -2.36. The van der Waals surface area contributed by atoms with Gasteiger partial charge >= 0.3 is 0 Å². The number of nitrogens with zero attached hydrogens (tertiary/aromatic N) is 3. The number of hydrogen-bond acceptors (Lipinski definition) is 5. The Morgan fingerprint density at radius 2 is 1.66 bits per heavy atom. The first-order valence-electron chi connectivity index (χ1n) is 9.60. The summed E-state index contributed by atoms with van der Waals surface area (Å²) in [4.78, 5) is 23.4. The quantitative estimate of drug-likeness (QED) is 0.626. The molecule has 2 aromatic carbocycles. The number of carbonyl (C=O) groups is 1. The molecule has 0 saturated carbocycles. The van der Waals surface area contributed by atoms with Crippen LogP contribution in [0.1, 0.15) is 35.3 Å². The number of anilines is 1. The SMILES string of the molecule is COc1ccc(CNc2ncc(C(=O)N(Cc3ccccc3)C(C)C)cn2)cc1. The molecule has 0 aliphatic heterocycles. The monoisotopic (exact) mass is 390 g/mol. The van der Waals surface area contributed by atoms with Crippen LogP contribution in [0.4, 0.5) is 5.95 Å². The molecule has 0 saturated heterocycles. The van der Waals surface area contributed by atoms with Gasteiger partial charge in [-0.3, -0.25) is 4.79 Å². The zero-order valence-electron chi connectivity index (χ0n) is 17.0. The lowest BCUT2D eigenvalue weighted by molar-refractivity contribution is 0.0689. The van der Waals surface area contributed by atoms with Gasteiger partial charge in [0.1, 0.15) is 5.75 Å². The normalized spacial score (nSPS) is 10.6. The van der Waals surface area contributed by atoms with Crippen molar-refractivity contribution in [3.63, 3.8) is 0 Å². The number of methoxy groups -OCH3 is 1. The van der Waals surface area contributed by atoms with Crippen molar-refractivity contribution in [3.8, 4) is 5.75 Å². The van der Waals surface area contributed by atoms with Crippen molar-refractivity contribution in [2.75, 3.05) is 12.4 Å². The highest BCUT2D eigenvalue weighted by atomic mass is 16.5. The topological polar surface area (TPSA) is 67.3 Å². The molecule has 150 valence electrons. The van der Waals surface area contributed by atoms with Crippen LogP contribution in [0.25, 0.3) is 0 Å². The van der Waals surface area contributed by atoms with Crippen LogP contribution >= 0.6 is 0 Å². The fourth-order valence-electron chi connectivity index (χ4n) is 2.89. The highest BCUT2D eigenvalue weighted by molar-refractivity contribution is 5.93. The number of ether oxygens (including phenoxy) is 1. The maximum Gasteiger partial charge on any atom is 0.257 e. The summed E-state index contributed by atoms with van der Waals surface area (Å²) in [6.07, 6.45) is 3.15. The summed E-state index contributed by atoms with van der Waals surface area (Å²) in [5, 5.41) is 3.17. The molecule has 3 rings (SSSR count). The summed E-state index contributed by atoms with van der Waals surface area (Å²) < 4.78 is 5.16. The number of rotatable bonds is 8. The van der Waals surface area contributed by atoms with Crippen LogP contribution in [-0.4, -0.2) is 33.9 Å². The van der Waals surface area contributed by atoms with Crippen molar-refractivity contribution >= 4 is 11.9 Å². The molecule has 0 aliphatic carbocycles. The summed E-state index contributed by atoms with van der Waals surface area (Å²) in [6, 6.07) is 17.8. The van der Waals surface area contributed by atoms with E-state index in [1.54, 1.807) is 19.5 Å². The molecule has 6 nitrogen and oxygen atoms in total. The van der Waals surface area contributed by atoms with E-state index in [4.69, 9.17) is 4.74 Å². The largest absolute Gasteiger partial charge is 0.497 e. The fourth-order valence-corrected chi connectivity index (χ4v) is 2.89. The smallest absolute Gasteiger partial charge is 0.257 e. The molecule has 0 fully saturated rings. The molecule has 1 heterocycles. The van der Waals surface area contributed by atoms with E-state index in [1.165, 1.54) is 0 Å². The molecule has 0 atom stereocenters. The molecule has 1 aromatic heterocycles. The Labute approximate surface area is 171 Å². The molecule has 0 spiro atoms. The Morgan fingerprint density at radius 1 is 1.00 bits per heavy atom. The van der Waals surface area contributed by atoms with Gasteiger partial charge < -0.3 is 15.0 Å². The molecule has 29 heavy (non-hydrogen) atoms. The van der Waals surface area contributed by atoms with Crippen LogP contribution < -0.4 is 10.1 Å². The second-order valence-corrected chi connectivity index (χ2v) is 7.01. The summed E-state index contributed by atoms with van der Waals surface area (Å²) in [6.45, 7) is 5.15. The molecule has 1 N–H and O–H groups in total. The van der Waals surface area contributed by atoms with Gasteiger partial charge in [0, 0.05) is 31.5 Å². The van der Waals surface area contributed by atoms with Gasteiger partial charge in [-0.2, -0.15) is 0 Å². The van der Waals surface area contributed by atoms with Crippen molar-refractivity contribution in [2.45, 2.75) is 33.0 Å². The summed E-state index contributed by atoms with van der Waals surface area (Å²) in [5.41, 5.74) is 2.65. The van der Waals surface area contributed by atoms with E-state index in [0.29, 0.717) is 24.6 Å². The van der Waals surface area contributed by atoms with Crippen LogP contribution in [0.15, 0.2) is 67.0 Å². The van der Waals surface area contributed by atoms with Crippen molar-refractivity contribution in [1.82, 2.24) is 14.9 Å². The van der Waals surface area contributed by atoms with Crippen molar-refractivity contribution < 1.29 is 9.53 Å². The molecule has 3 aromatic rings. The van der Waals surface area contributed by atoms with Crippen LogP contribution in [0.5, 0.6) is 5.75 Å². The number of hydrogen-bond donors (Lipinski definition) is 1. The number of nitrogens with one attached hydrogen (secondary N) is 1. The van der Waals surface area contributed by atoms with Crippen LogP contribution in [0.2, 0.25) is 0 Å². The first kappa shape index (κ1) is 20.3. The van der Waals surface area contributed by atoms with E-state index in [9.17, 15) is 4.79 Å². The standard InChI is InChI=1S/C23H26N4O2/c1-17(2)27(16-19-7-5-4-6-8-19)22(28)20-14-25-23(26-15-20)24-13-18-9-11-21(29-3)12-10-18/h4-12,14-15,17H,13,16H2,1-3H3,(H,24,25,26). The first-order valence-corrected chi connectivity index (χ1v) is 9.60. The predicted molar refractivity (Wildman–Crippen MR) is 114 cm³/mol. The zero-order valence-corrected chi connectivity index (χ0v) is 17.0. The molecule has 0 aliphatic rings. The number of aromatic nitrogens is 2. The third kappa shape index (κ3) is 5.54. The Hall–Kier alpha value is -3.41. The van der Waals surface area contributed by atoms with Crippen LogP contribution in [-0.2, 0) is 13.1 Å². The van der Waals surface area contributed by atoms with Crippen molar-refractivity contribution in [1.29, 1.82) is 0 Å². The predicted octanol–water partition coefficient (Wildman–Crippen LogP) is 4.15. The Morgan fingerprint density at radius 3 is 2.24 bits per heavy atom. The fraction of sp³-hybridized carbons (Fsp3) is 0.261. The Kier molecular flexibility index (Phi) is 6.79. The highest BCUT2D eigenvalue weighted by Crippen LogP contribution is 2.14.